The van der Waals surface area contributed by atoms with E-state index in [4.69, 9.17) is 18.9 Å². The normalized spacial score (nSPS) is 10.5. The van der Waals surface area contributed by atoms with Crippen molar-refractivity contribution < 1.29 is 23.7 Å². The van der Waals surface area contributed by atoms with E-state index in [0.29, 0.717) is 5.56 Å². The molecule has 0 heterocycles. The lowest BCUT2D eigenvalue weighted by molar-refractivity contribution is 0.0600. The van der Waals surface area contributed by atoms with E-state index in [1.165, 1.54) is 12.7 Å². The molecule has 0 atom stereocenters. The second-order valence-electron chi connectivity index (χ2n) is 7.51. The standard InChI is InChI=1S/C27H30O5/c1-29-24-15-9-20(10-16-24)8-14-23-17-22(25(30-2)18-26(23)31-3)13-7-19-5-11-21(12-6-19)27(28)32-4/h5-6,9-12,15-18H,7-8,13-14H2,1-4H3. The third-order valence-electron chi connectivity index (χ3n) is 5.58. The topological polar surface area (TPSA) is 54.0 Å². The summed E-state index contributed by atoms with van der Waals surface area (Å²) in [6, 6.07) is 19.8. The molecule has 0 amide bonds. The summed E-state index contributed by atoms with van der Waals surface area (Å²) in [6.07, 6.45) is 3.42. The molecule has 0 saturated carbocycles. The smallest absolute Gasteiger partial charge is 0.337 e. The minimum Gasteiger partial charge on any atom is -0.497 e. The monoisotopic (exact) mass is 434 g/mol. The Kier molecular flexibility index (Phi) is 8.14. The molecule has 0 fully saturated rings. The summed E-state index contributed by atoms with van der Waals surface area (Å²) in [5.41, 5.74) is 5.24. The van der Waals surface area contributed by atoms with E-state index in [2.05, 4.69) is 18.2 Å². The highest BCUT2D eigenvalue weighted by atomic mass is 16.5. The Morgan fingerprint density at radius 2 is 1.12 bits per heavy atom. The van der Waals surface area contributed by atoms with Crippen LogP contribution in [-0.4, -0.2) is 34.4 Å². The minimum atomic E-state index is -0.324. The van der Waals surface area contributed by atoms with Gasteiger partial charge in [0.15, 0.2) is 0 Å². The summed E-state index contributed by atoms with van der Waals surface area (Å²) in [5, 5.41) is 0. The number of aryl methyl sites for hydroxylation is 4. The van der Waals surface area contributed by atoms with Crippen LogP contribution in [0.2, 0.25) is 0 Å². The molecule has 0 bridgehead atoms. The third-order valence-corrected chi connectivity index (χ3v) is 5.58. The lowest BCUT2D eigenvalue weighted by atomic mass is 9.97. The van der Waals surface area contributed by atoms with Crippen LogP contribution in [0.15, 0.2) is 60.7 Å². The van der Waals surface area contributed by atoms with Crippen LogP contribution in [-0.2, 0) is 30.4 Å². The molecule has 5 nitrogen and oxygen atoms in total. The Bertz CT molecular complexity index is 1020. The highest BCUT2D eigenvalue weighted by molar-refractivity contribution is 5.89. The Morgan fingerprint density at radius 3 is 1.56 bits per heavy atom. The molecule has 5 heteroatoms. The van der Waals surface area contributed by atoms with Gasteiger partial charge in [0.1, 0.15) is 17.2 Å². The lowest BCUT2D eigenvalue weighted by Gasteiger charge is -2.15. The second kappa shape index (κ2) is 11.2. The molecule has 3 rings (SSSR count). The zero-order valence-corrected chi connectivity index (χ0v) is 19.1. The first kappa shape index (κ1) is 23.2. The largest absolute Gasteiger partial charge is 0.497 e. The molecule has 3 aromatic rings. The third kappa shape index (κ3) is 5.82. The van der Waals surface area contributed by atoms with Crippen LogP contribution >= 0.6 is 0 Å². The van der Waals surface area contributed by atoms with Crippen molar-refractivity contribution >= 4 is 5.97 Å². The number of benzene rings is 3. The van der Waals surface area contributed by atoms with Gasteiger partial charge >= 0.3 is 5.97 Å². The maximum absolute atomic E-state index is 11.6. The number of hydrogen-bond acceptors (Lipinski definition) is 5. The highest BCUT2D eigenvalue weighted by Gasteiger charge is 2.12. The number of rotatable bonds is 10. The summed E-state index contributed by atoms with van der Waals surface area (Å²) in [5.74, 6) is 2.19. The summed E-state index contributed by atoms with van der Waals surface area (Å²) < 4.78 is 21.3. The van der Waals surface area contributed by atoms with E-state index in [9.17, 15) is 4.79 Å². The molecule has 32 heavy (non-hydrogen) atoms. The molecular weight excluding hydrogens is 404 g/mol. The fourth-order valence-corrected chi connectivity index (χ4v) is 3.70. The molecule has 3 aromatic carbocycles. The van der Waals surface area contributed by atoms with Crippen molar-refractivity contribution in [2.24, 2.45) is 0 Å². The van der Waals surface area contributed by atoms with Crippen LogP contribution in [0.3, 0.4) is 0 Å². The van der Waals surface area contributed by atoms with Gasteiger partial charge in [-0.2, -0.15) is 0 Å². The van der Waals surface area contributed by atoms with Gasteiger partial charge < -0.3 is 18.9 Å². The van der Waals surface area contributed by atoms with Crippen LogP contribution in [0.4, 0.5) is 0 Å². The van der Waals surface area contributed by atoms with Gasteiger partial charge in [-0.1, -0.05) is 24.3 Å². The number of carbonyl (C=O) groups is 1. The molecule has 0 saturated heterocycles. The highest BCUT2D eigenvalue weighted by Crippen LogP contribution is 2.31. The SMILES string of the molecule is COC(=O)c1ccc(CCc2cc(CCc3ccc(OC)cc3)c(OC)cc2OC)cc1. The second-order valence-corrected chi connectivity index (χ2v) is 7.51. The maximum Gasteiger partial charge on any atom is 0.337 e. The van der Waals surface area contributed by atoms with Crippen molar-refractivity contribution in [3.05, 3.63) is 88.5 Å². The molecule has 0 N–H and O–H groups in total. The van der Waals surface area contributed by atoms with Crippen molar-refractivity contribution in [3.8, 4) is 17.2 Å². The zero-order chi connectivity index (χ0) is 22.9. The molecule has 0 spiro atoms. The Balaban J connectivity index is 1.73. The predicted molar refractivity (Wildman–Crippen MR) is 125 cm³/mol. The summed E-state index contributed by atoms with van der Waals surface area (Å²) in [7, 11) is 6.43. The van der Waals surface area contributed by atoms with E-state index in [1.54, 1.807) is 33.5 Å². The molecule has 0 aliphatic rings. The first-order valence-corrected chi connectivity index (χ1v) is 10.6. The predicted octanol–water partition coefficient (Wildman–Crippen LogP) is 5.07. The van der Waals surface area contributed by atoms with Gasteiger partial charge in [-0.25, -0.2) is 4.79 Å². The van der Waals surface area contributed by atoms with Crippen LogP contribution in [0.1, 0.15) is 32.6 Å². The first-order valence-electron chi connectivity index (χ1n) is 10.6. The van der Waals surface area contributed by atoms with Gasteiger partial charge in [0.05, 0.1) is 34.0 Å². The van der Waals surface area contributed by atoms with Gasteiger partial charge in [-0.15, -0.1) is 0 Å². The van der Waals surface area contributed by atoms with Crippen LogP contribution < -0.4 is 14.2 Å². The summed E-state index contributed by atoms with van der Waals surface area (Å²) in [6.45, 7) is 0. The molecule has 0 unspecified atom stereocenters. The fraction of sp³-hybridized carbons (Fsp3) is 0.296. The van der Waals surface area contributed by atoms with Crippen LogP contribution in [0.25, 0.3) is 0 Å². The lowest BCUT2D eigenvalue weighted by Crippen LogP contribution is -2.03. The minimum absolute atomic E-state index is 0.324. The molecule has 0 aliphatic heterocycles. The number of methoxy groups -OCH3 is 4. The van der Waals surface area contributed by atoms with Gasteiger partial charge in [-0.05, 0) is 78.3 Å². The van der Waals surface area contributed by atoms with Gasteiger partial charge in [0, 0.05) is 6.07 Å². The number of carbonyl (C=O) groups excluding carboxylic acids is 1. The maximum atomic E-state index is 11.6. The molecule has 0 radical (unpaired) electrons. The van der Waals surface area contributed by atoms with Gasteiger partial charge in [0.2, 0.25) is 0 Å². The average Bonchev–Trinajstić information content (AvgIpc) is 2.86. The van der Waals surface area contributed by atoms with Crippen molar-refractivity contribution in [3.63, 3.8) is 0 Å². The number of ether oxygens (including phenoxy) is 4. The van der Waals surface area contributed by atoms with E-state index in [-0.39, 0.29) is 5.97 Å². The van der Waals surface area contributed by atoms with Crippen LogP contribution in [0.5, 0.6) is 17.2 Å². The zero-order valence-electron chi connectivity index (χ0n) is 19.1. The quantitative estimate of drug-likeness (QED) is 0.417. The summed E-state index contributed by atoms with van der Waals surface area (Å²) in [4.78, 5) is 11.6. The number of hydrogen-bond donors (Lipinski definition) is 0. The summed E-state index contributed by atoms with van der Waals surface area (Å²) >= 11 is 0. The van der Waals surface area contributed by atoms with Crippen molar-refractivity contribution in [1.29, 1.82) is 0 Å². The fourth-order valence-electron chi connectivity index (χ4n) is 3.70. The Hall–Kier alpha value is -3.47. The molecular formula is C27H30O5. The van der Waals surface area contributed by atoms with Crippen molar-refractivity contribution in [2.75, 3.05) is 28.4 Å². The van der Waals surface area contributed by atoms with E-state index >= 15 is 0 Å². The van der Waals surface area contributed by atoms with E-state index < -0.39 is 0 Å². The molecule has 0 aromatic heterocycles. The van der Waals surface area contributed by atoms with Crippen molar-refractivity contribution in [2.45, 2.75) is 25.7 Å². The number of esters is 1. The Labute approximate surface area is 189 Å². The van der Waals surface area contributed by atoms with E-state index in [0.717, 1.165) is 59.6 Å². The van der Waals surface area contributed by atoms with Gasteiger partial charge in [0.25, 0.3) is 0 Å². The van der Waals surface area contributed by atoms with E-state index in [1.807, 2.05) is 30.3 Å². The Morgan fingerprint density at radius 1 is 0.625 bits per heavy atom. The van der Waals surface area contributed by atoms with Gasteiger partial charge in [-0.3, -0.25) is 0 Å². The first-order chi connectivity index (χ1) is 15.6. The average molecular weight is 435 g/mol. The molecule has 168 valence electrons. The molecule has 0 aliphatic carbocycles. The van der Waals surface area contributed by atoms with Crippen molar-refractivity contribution in [1.82, 2.24) is 0 Å². The van der Waals surface area contributed by atoms with Crippen LogP contribution in [0, 0.1) is 0 Å².